The van der Waals surface area contributed by atoms with Crippen LogP contribution in [0.4, 0.5) is 17.1 Å². The van der Waals surface area contributed by atoms with Crippen LogP contribution in [0.5, 0.6) is 0 Å². The van der Waals surface area contributed by atoms with Gasteiger partial charge >= 0.3 is 0 Å². The summed E-state index contributed by atoms with van der Waals surface area (Å²) in [5.41, 5.74) is 13.8. The van der Waals surface area contributed by atoms with Gasteiger partial charge in [0.25, 0.3) is 0 Å². The van der Waals surface area contributed by atoms with Gasteiger partial charge in [-0.1, -0.05) is 147 Å². The SMILES string of the molecule is CC1(C)c2ccccc2-c2ccc(N(c3cccc4ccccc34)c3cccc4c3oc3c(-c5ccc6ccccc6c5)c5c(cc34)oc3ccccc35)cc21. The molecule has 264 valence electrons. The maximum absolute atomic E-state index is 7.34. The third-order valence-electron chi connectivity index (χ3n) is 12.2. The highest BCUT2D eigenvalue weighted by Gasteiger charge is 2.36. The van der Waals surface area contributed by atoms with Gasteiger partial charge in [-0.25, -0.2) is 0 Å². The van der Waals surface area contributed by atoms with Crippen molar-refractivity contribution in [1.82, 2.24) is 0 Å². The van der Waals surface area contributed by atoms with Crippen molar-refractivity contribution in [2.24, 2.45) is 0 Å². The van der Waals surface area contributed by atoms with E-state index in [-0.39, 0.29) is 5.41 Å². The number of nitrogens with zero attached hydrogens (tertiary/aromatic N) is 1. The first-order valence-electron chi connectivity index (χ1n) is 19.3. The average molecular weight is 718 g/mol. The average Bonchev–Trinajstić information content (AvgIpc) is 3.88. The lowest BCUT2D eigenvalue weighted by Gasteiger charge is -2.29. The first-order valence-corrected chi connectivity index (χ1v) is 19.3. The van der Waals surface area contributed by atoms with Gasteiger partial charge in [0.15, 0.2) is 5.58 Å². The summed E-state index contributed by atoms with van der Waals surface area (Å²) in [5.74, 6) is 0. The molecule has 11 aromatic rings. The van der Waals surface area contributed by atoms with Gasteiger partial charge in [0.1, 0.15) is 16.7 Å². The Balaban J connectivity index is 1.17. The van der Waals surface area contributed by atoms with Crippen LogP contribution in [0.3, 0.4) is 0 Å². The molecule has 2 heterocycles. The number of anilines is 3. The maximum atomic E-state index is 7.34. The largest absolute Gasteiger partial charge is 0.456 e. The van der Waals surface area contributed by atoms with Gasteiger partial charge < -0.3 is 13.7 Å². The van der Waals surface area contributed by atoms with Gasteiger partial charge in [0.2, 0.25) is 0 Å². The Labute approximate surface area is 323 Å². The highest BCUT2D eigenvalue weighted by Crippen LogP contribution is 2.53. The molecule has 0 fully saturated rings. The summed E-state index contributed by atoms with van der Waals surface area (Å²) in [5, 5.41) is 8.96. The molecule has 0 spiro atoms. The molecule has 0 aliphatic heterocycles. The van der Waals surface area contributed by atoms with Crippen molar-refractivity contribution >= 4 is 82.5 Å². The van der Waals surface area contributed by atoms with Gasteiger partial charge in [-0.15, -0.1) is 0 Å². The van der Waals surface area contributed by atoms with E-state index in [1.807, 2.05) is 6.07 Å². The zero-order valence-electron chi connectivity index (χ0n) is 31.0. The second-order valence-electron chi connectivity index (χ2n) is 15.7. The summed E-state index contributed by atoms with van der Waals surface area (Å²) >= 11 is 0. The summed E-state index contributed by atoms with van der Waals surface area (Å²) in [6.07, 6.45) is 0. The predicted octanol–water partition coefficient (Wildman–Crippen LogP) is 15.2. The Hall–Kier alpha value is -7.10. The molecule has 12 rings (SSSR count). The van der Waals surface area contributed by atoms with Crippen LogP contribution < -0.4 is 4.90 Å². The zero-order chi connectivity index (χ0) is 37.1. The first-order chi connectivity index (χ1) is 27.5. The van der Waals surface area contributed by atoms with Gasteiger partial charge in [0, 0.05) is 43.6 Å². The molecule has 56 heavy (non-hydrogen) atoms. The summed E-state index contributed by atoms with van der Waals surface area (Å²) in [4.78, 5) is 2.40. The van der Waals surface area contributed by atoms with Crippen LogP contribution in [0.25, 0.3) is 87.7 Å². The molecular formula is C53H35NO2. The third-order valence-corrected chi connectivity index (χ3v) is 12.2. The summed E-state index contributed by atoms with van der Waals surface area (Å²) < 4.78 is 14.0. The molecule has 0 unspecified atom stereocenters. The molecule has 2 aromatic heterocycles. The monoisotopic (exact) mass is 717 g/mol. The molecule has 9 aromatic carbocycles. The van der Waals surface area contributed by atoms with Crippen LogP contribution in [-0.2, 0) is 5.41 Å². The van der Waals surface area contributed by atoms with E-state index in [2.05, 4.69) is 189 Å². The first kappa shape index (κ1) is 31.3. The quantitative estimate of drug-likeness (QED) is 0.182. The van der Waals surface area contributed by atoms with Crippen LogP contribution in [0, 0.1) is 0 Å². The van der Waals surface area contributed by atoms with Crippen molar-refractivity contribution < 1.29 is 8.83 Å². The number of rotatable bonds is 4. The number of hydrogen-bond donors (Lipinski definition) is 0. The van der Waals surface area contributed by atoms with E-state index >= 15 is 0 Å². The van der Waals surface area contributed by atoms with Crippen LogP contribution in [0.2, 0.25) is 0 Å². The molecule has 0 N–H and O–H groups in total. The fourth-order valence-electron chi connectivity index (χ4n) is 9.56. The van der Waals surface area contributed by atoms with Crippen LogP contribution in [0.1, 0.15) is 25.0 Å². The van der Waals surface area contributed by atoms with Crippen LogP contribution in [0.15, 0.2) is 185 Å². The molecule has 0 saturated carbocycles. The molecule has 0 bridgehead atoms. The standard InChI is InChI=1S/C53H35NO2/c1-53(2)43-21-9-7-18-38(43)39-28-27-36(30-44(39)53)54(45-22-11-16-33-14-5-6-17-37(33)45)46-23-12-20-40-42-31-48-50(41-19-8-10-24-47(41)55-48)49(52(42)56-51(40)46)35-26-25-32-13-3-4-15-34(32)29-35/h3-31H,1-2H3. The van der Waals surface area contributed by atoms with Crippen molar-refractivity contribution in [3.8, 4) is 22.3 Å². The van der Waals surface area contributed by atoms with E-state index in [1.54, 1.807) is 0 Å². The number of benzene rings is 9. The minimum atomic E-state index is -0.149. The van der Waals surface area contributed by atoms with Crippen LogP contribution >= 0.6 is 0 Å². The molecule has 1 aliphatic carbocycles. The lowest BCUT2D eigenvalue weighted by Crippen LogP contribution is -2.16. The number of furan rings is 2. The highest BCUT2D eigenvalue weighted by molar-refractivity contribution is 6.25. The van der Waals surface area contributed by atoms with E-state index in [0.717, 1.165) is 72.1 Å². The molecule has 0 saturated heterocycles. The fourth-order valence-corrected chi connectivity index (χ4v) is 9.56. The Kier molecular flexibility index (Phi) is 6.40. The molecule has 3 nitrogen and oxygen atoms in total. The minimum absolute atomic E-state index is 0.149. The molecular weight excluding hydrogens is 683 g/mol. The molecule has 0 amide bonds. The second-order valence-corrected chi connectivity index (χ2v) is 15.7. The van der Waals surface area contributed by atoms with Gasteiger partial charge in [-0.3, -0.25) is 0 Å². The van der Waals surface area contributed by atoms with E-state index in [1.165, 1.54) is 43.8 Å². The lowest BCUT2D eigenvalue weighted by molar-refractivity contribution is 0.660. The zero-order valence-corrected chi connectivity index (χ0v) is 31.0. The van der Waals surface area contributed by atoms with Crippen molar-refractivity contribution in [1.29, 1.82) is 0 Å². The Morgan fingerprint density at radius 2 is 1.12 bits per heavy atom. The summed E-state index contributed by atoms with van der Waals surface area (Å²) in [6, 6.07) is 63.4. The molecule has 3 heteroatoms. The molecule has 0 radical (unpaired) electrons. The third kappa shape index (κ3) is 4.34. The normalized spacial score (nSPS) is 13.3. The number of hydrogen-bond acceptors (Lipinski definition) is 3. The lowest BCUT2D eigenvalue weighted by atomic mass is 9.82. The summed E-state index contributed by atoms with van der Waals surface area (Å²) in [7, 11) is 0. The van der Waals surface area contributed by atoms with E-state index in [4.69, 9.17) is 8.83 Å². The Morgan fingerprint density at radius 1 is 0.429 bits per heavy atom. The van der Waals surface area contributed by atoms with Crippen LogP contribution in [-0.4, -0.2) is 0 Å². The van der Waals surface area contributed by atoms with E-state index in [9.17, 15) is 0 Å². The highest BCUT2D eigenvalue weighted by atomic mass is 16.3. The molecule has 1 aliphatic rings. The van der Waals surface area contributed by atoms with Crippen molar-refractivity contribution in [2.45, 2.75) is 19.3 Å². The Morgan fingerprint density at radius 3 is 2.04 bits per heavy atom. The maximum Gasteiger partial charge on any atom is 0.159 e. The second kappa shape index (κ2) is 11.5. The van der Waals surface area contributed by atoms with Crippen molar-refractivity contribution in [3.05, 3.63) is 187 Å². The molecule has 0 atom stereocenters. The Bertz CT molecular complexity index is 3410. The minimum Gasteiger partial charge on any atom is -0.456 e. The topological polar surface area (TPSA) is 29.5 Å². The van der Waals surface area contributed by atoms with E-state index < -0.39 is 0 Å². The van der Waals surface area contributed by atoms with Gasteiger partial charge in [-0.2, -0.15) is 0 Å². The van der Waals surface area contributed by atoms with Crippen molar-refractivity contribution in [2.75, 3.05) is 4.90 Å². The van der Waals surface area contributed by atoms with Gasteiger partial charge in [-0.05, 0) is 86.4 Å². The fraction of sp³-hybridized carbons (Fsp3) is 0.0566. The predicted molar refractivity (Wildman–Crippen MR) is 234 cm³/mol. The number of para-hydroxylation sites is 2. The van der Waals surface area contributed by atoms with Crippen molar-refractivity contribution in [3.63, 3.8) is 0 Å². The van der Waals surface area contributed by atoms with Gasteiger partial charge in [0.05, 0.1) is 11.4 Å². The smallest absolute Gasteiger partial charge is 0.159 e. The summed E-state index contributed by atoms with van der Waals surface area (Å²) in [6.45, 7) is 4.69. The van der Waals surface area contributed by atoms with E-state index in [0.29, 0.717) is 0 Å². The number of fused-ring (bicyclic) bond motifs is 11.